The fourth-order valence-electron chi connectivity index (χ4n) is 3.13. The molecule has 1 aromatic carbocycles. The standard InChI is InChI=1S/C17H17FN6O/c18-13-4-1-3-12(9-13)17(25)24-6-2-5-23(7-8-24)16-14-15(20-10-19-14)21-11-22-16/h1,3-4,9-11H,2,5-8H2,(H,19,20,21,22). The second kappa shape index (κ2) is 6.46. The zero-order chi connectivity index (χ0) is 17.2. The molecule has 0 bridgehead atoms. The first-order valence-corrected chi connectivity index (χ1v) is 8.16. The van der Waals surface area contributed by atoms with Crippen LogP contribution < -0.4 is 4.90 Å². The molecule has 1 aliphatic heterocycles. The molecule has 128 valence electrons. The van der Waals surface area contributed by atoms with Crippen molar-refractivity contribution in [1.29, 1.82) is 0 Å². The van der Waals surface area contributed by atoms with Gasteiger partial charge in [0.1, 0.15) is 17.7 Å². The molecule has 0 aliphatic carbocycles. The molecule has 3 aromatic rings. The summed E-state index contributed by atoms with van der Waals surface area (Å²) in [6.45, 7) is 2.60. The first-order chi connectivity index (χ1) is 12.2. The number of H-pyrrole nitrogens is 1. The van der Waals surface area contributed by atoms with Crippen molar-refractivity contribution in [1.82, 2.24) is 24.8 Å². The molecule has 0 atom stereocenters. The summed E-state index contributed by atoms with van der Waals surface area (Å²) in [5, 5.41) is 0. The van der Waals surface area contributed by atoms with Crippen LogP contribution in [0.1, 0.15) is 16.8 Å². The minimum atomic E-state index is -0.398. The van der Waals surface area contributed by atoms with Gasteiger partial charge in [0.15, 0.2) is 11.5 Å². The van der Waals surface area contributed by atoms with E-state index >= 15 is 0 Å². The number of aromatic nitrogens is 4. The molecule has 1 saturated heterocycles. The van der Waals surface area contributed by atoms with E-state index in [2.05, 4.69) is 24.8 Å². The van der Waals surface area contributed by atoms with Gasteiger partial charge in [0, 0.05) is 31.7 Å². The first kappa shape index (κ1) is 15.5. The number of aromatic amines is 1. The van der Waals surface area contributed by atoms with Crippen molar-refractivity contribution >= 4 is 22.9 Å². The summed E-state index contributed by atoms with van der Waals surface area (Å²) in [7, 11) is 0. The first-order valence-electron chi connectivity index (χ1n) is 8.16. The lowest BCUT2D eigenvalue weighted by Gasteiger charge is -2.23. The number of halogens is 1. The molecule has 25 heavy (non-hydrogen) atoms. The topological polar surface area (TPSA) is 78.0 Å². The lowest BCUT2D eigenvalue weighted by molar-refractivity contribution is 0.0766. The lowest BCUT2D eigenvalue weighted by atomic mass is 10.2. The summed E-state index contributed by atoms with van der Waals surface area (Å²) in [5.41, 5.74) is 1.81. The van der Waals surface area contributed by atoms with E-state index in [1.54, 1.807) is 23.4 Å². The van der Waals surface area contributed by atoms with Gasteiger partial charge in [-0.3, -0.25) is 4.79 Å². The lowest BCUT2D eigenvalue weighted by Crippen LogP contribution is -2.35. The molecular formula is C17H17FN6O. The van der Waals surface area contributed by atoms with Crippen molar-refractivity contribution in [3.05, 3.63) is 48.3 Å². The van der Waals surface area contributed by atoms with Crippen LogP contribution >= 0.6 is 0 Å². The van der Waals surface area contributed by atoms with Gasteiger partial charge >= 0.3 is 0 Å². The predicted octanol–water partition coefficient (Wildman–Crippen LogP) is 1.84. The summed E-state index contributed by atoms with van der Waals surface area (Å²) in [6.07, 6.45) is 3.90. The molecule has 1 aliphatic rings. The molecule has 8 heteroatoms. The van der Waals surface area contributed by atoms with Crippen LogP contribution in [0.2, 0.25) is 0 Å². The van der Waals surface area contributed by atoms with Gasteiger partial charge < -0.3 is 14.8 Å². The highest BCUT2D eigenvalue weighted by molar-refractivity contribution is 5.94. The van der Waals surface area contributed by atoms with Crippen LogP contribution in [0.3, 0.4) is 0 Å². The van der Waals surface area contributed by atoms with E-state index in [9.17, 15) is 9.18 Å². The Morgan fingerprint density at radius 2 is 2.04 bits per heavy atom. The average Bonchev–Trinajstić information content (AvgIpc) is 2.98. The number of fused-ring (bicyclic) bond motifs is 1. The van der Waals surface area contributed by atoms with Gasteiger partial charge in [-0.05, 0) is 24.6 Å². The number of hydrogen-bond acceptors (Lipinski definition) is 5. The highest BCUT2D eigenvalue weighted by Crippen LogP contribution is 2.21. The van der Waals surface area contributed by atoms with E-state index in [0.717, 1.165) is 24.3 Å². The van der Waals surface area contributed by atoms with Crippen LogP contribution in [0.15, 0.2) is 36.9 Å². The molecule has 1 N–H and O–H groups in total. The number of carbonyl (C=O) groups excluding carboxylic acids is 1. The Labute approximate surface area is 143 Å². The Balaban J connectivity index is 1.52. The van der Waals surface area contributed by atoms with Gasteiger partial charge in [0.2, 0.25) is 0 Å². The van der Waals surface area contributed by atoms with Crippen molar-refractivity contribution < 1.29 is 9.18 Å². The molecule has 0 unspecified atom stereocenters. The maximum absolute atomic E-state index is 13.4. The SMILES string of the molecule is O=C(c1cccc(F)c1)N1CCCN(c2ncnc3nc[nH]c23)CC1. The number of nitrogens with one attached hydrogen (secondary N) is 1. The Hall–Kier alpha value is -3.03. The van der Waals surface area contributed by atoms with Gasteiger partial charge in [-0.15, -0.1) is 0 Å². The second-order valence-electron chi connectivity index (χ2n) is 5.94. The summed E-state index contributed by atoms with van der Waals surface area (Å²) in [6, 6.07) is 5.82. The van der Waals surface area contributed by atoms with Gasteiger partial charge in [0.05, 0.1) is 6.33 Å². The summed E-state index contributed by atoms with van der Waals surface area (Å²) in [5.74, 6) is 0.253. The van der Waals surface area contributed by atoms with Gasteiger partial charge in [-0.25, -0.2) is 19.3 Å². The quantitative estimate of drug-likeness (QED) is 0.770. The molecular weight excluding hydrogens is 323 g/mol. The number of amides is 1. The monoisotopic (exact) mass is 340 g/mol. The maximum Gasteiger partial charge on any atom is 0.254 e. The fraction of sp³-hybridized carbons (Fsp3) is 0.294. The van der Waals surface area contributed by atoms with E-state index in [1.807, 2.05) is 0 Å². The number of hydrogen-bond donors (Lipinski definition) is 1. The van der Waals surface area contributed by atoms with Gasteiger partial charge in [-0.2, -0.15) is 0 Å². The van der Waals surface area contributed by atoms with Crippen molar-refractivity contribution in [2.75, 3.05) is 31.1 Å². The van der Waals surface area contributed by atoms with Crippen LogP contribution in [0.4, 0.5) is 10.2 Å². The number of anilines is 1. The molecule has 4 rings (SSSR count). The van der Waals surface area contributed by atoms with Gasteiger partial charge in [-0.1, -0.05) is 6.07 Å². The van der Waals surface area contributed by atoms with Crippen LogP contribution in [-0.2, 0) is 0 Å². The Morgan fingerprint density at radius 1 is 1.12 bits per heavy atom. The predicted molar refractivity (Wildman–Crippen MR) is 90.8 cm³/mol. The molecule has 0 saturated carbocycles. The second-order valence-corrected chi connectivity index (χ2v) is 5.94. The normalized spacial score (nSPS) is 15.4. The summed E-state index contributed by atoms with van der Waals surface area (Å²) < 4.78 is 13.4. The van der Waals surface area contributed by atoms with E-state index in [0.29, 0.717) is 30.8 Å². The van der Waals surface area contributed by atoms with E-state index in [1.165, 1.54) is 18.5 Å². The van der Waals surface area contributed by atoms with Crippen LogP contribution in [0.5, 0.6) is 0 Å². The number of rotatable bonds is 2. The van der Waals surface area contributed by atoms with Crippen molar-refractivity contribution in [2.45, 2.75) is 6.42 Å². The average molecular weight is 340 g/mol. The third-order valence-corrected chi connectivity index (χ3v) is 4.36. The highest BCUT2D eigenvalue weighted by atomic mass is 19.1. The number of nitrogens with zero attached hydrogens (tertiary/aromatic N) is 5. The van der Waals surface area contributed by atoms with E-state index in [4.69, 9.17) is 0 Å². The van der Waals surface area contributed by atoms with Crippen molar-refractivity contribution in [2.24, 2.45) is 0 Å². The van der Waals surface area contributed by atoms with Crippen LogP contribution in [0, 0.1) is 5.82 Å². The molecule has 7 nitrogen and oxygen atoms in total. The molecule has 3 heterocycles. The molecule has 0 radical (unpaired) electrons. The number of carbonyl (C=O) groups is 1. The largest absolute Gasteiger partial charge is 0.353 e. The maximum atomic E-state index is 13.4. The Morgan fingerprint density at radius 3 is 2.92 bits per heavy atom. The third-order valence-electron chi connectivity index (χ3n) is 4.36. The zero-order valence-electron chi connectivity index (χ0n) is 13.5. The van der Waals surface area contributed by atoms with Crippen LogP contribution in [0.25, 0.3) is 11.2 Å². The fourth-order valence-corrected chi connectivity index (χ4v) is 3.13. The van der Waals surface area contributed by atoms with E-state index in [-0.39, 0.29) is 5.91 Å². The van der Waals surface area contributed by atoms with Gasteiger partial charge in [0.25, 0.3) is 5.91 Å². The number of imidazole rings is 1. The Kier molecular flexibility index (Phi) is 4.01. The number of benzene rings is 1. The van der Waals surface area contributed by atoms with Crippen LogP contribution in [-0.4, -0.2) is 56.9 Å². The molecule has 0 spiro atoms. The van der Waals surface area contributed by atoms with Crippen molar-refractivity contribution in [3.63, 3.8) is 0 Å². The highest BCUT2D eigenvalue weighted by Gasteiger charge is 2.22. The minimum absolute atomic E-state index is 0.143. The minimum Gasteiger partial charge on any atom is -0.353 e. The van der Waals surface area contributed by atoms with E-state index < -0.39 is 5.82 Å². The summed E-state index contributed by atoms with van der Waals surface area (Å²) >= 11 is 0. The summed E-state index contributed by atoms with van der Waals surface area (Å²) in [4.78, 5) is 32.2. The van der Waals surface area contributed by atoms with Crippen molar-refractivity contribution in [3.8, 4) is 0 Å². The third kappa shape index (κ3) is 3.02. The Bertz CT molecular complexity index is 911. The molecule has 1 fully saturated rings. The molecule has 2 aromatic heterocycles. The molecule has 1 amide bonds. The smallest absolute Gasteiger partial charge is 0.254 e. The zero-order valence-corrected chi connectivity index (χ0v) is 13.5.